The highest BCUT2D eigenvalue weighted by atomic mass is 16.5. The Balaban J connectivity index is 1.22. The lowest BCUT2D eigenvalue weighted by Gasteiger charge is -2.34. The van der Waals surface area contributed by atoms with Crippen molar-refractivity contribution < 1.29 is 24.2 Å². The molecule has 184 valence electrons. The molecule has 1 saturated heterocycles. The molecule has 0 spiro atoms. The first-order valence-electron chi connectivity index (χ1n) is 12.6. The molecular formula is C28H32N2O5. The van der Waals surface area contributed by atoms with Crippen LogP contribution in [0.2, 0.25) is 0 Å². The molecular weight excluding hydrogens is 444 g/mol. The summed E-state index contributed by atoms with van der Waals surface area (Å²) in [4.78, 5) is 39.4. The van der Waals surface area contributed by atoms with E-state index in [9.17, 15) is 19.5 Å². The van der Waals surface area contributed by atoms with E-state index in [0.717, 1.165) is 30.4 Å². The van der Waals surface area contributed by atoms with Crippen LogP contribution in [0.3, 0.4) is 0 Å². The molecule has 0 bridgehead atoms. The van der Waals surface area contributed by atoms with Crippen LogP contribution in [0, 0.1) is 5.92 Å². The number of fused-ring (bicyclic) bond motifs is 4. The van der Waals surface area contributed by atoms with Gasteiger partial charge in [-0.15, -0.1) is 0 Å². The minimum Gasteiger partial charge on any atom is -0.479 e. The van der Waals surface area contributed by atoms with Crippen molar-refractivity contribution in [2.75, 3.05) is 13.2 Å². The number of aliphatic carboxylic acids is 1. The summed E-state index contributed by atoms with van der Waals surface area (Å²) in [5.41, 5.74) is 3.59. The van der Waals surface area contributed by atoms with E-state index in [1.54, 1.807) is 4.90 Å². The van der Waals surface area contributed by atoms with Crippen LogP contribution in [0.5, 0.6) is 0 Å². The molecule has 0 radical (unpaired) electrons. The number of carboxylic acids is 1. The number of hydrogen-bond acceptors (Lipinski definition) is 4. The zero-order valence-corrected chi connectivity index (χ0v) is 20.0. The molecule has 1 saturated carbocycles. The SMILES string of the molecule is CCC[C@H](CC(=O)N1CCC[C@H]2C[C@]21C(=O)O)NC(=O)OCC1c2ccccc2-c2ccccc21. The standard InChI is InChI=1S/C28H32N2O5/c1-2-8-19(15-25(31)30-14-7-9-18-16-28(18,30)26(32)33)29-27(34)35-17-24-22-12-5-3-10-20(22)21-11-4-6-13-23(21)24/h3-6,10-13,18-19,24H,2,7-9,14-17H2,1H3,(H,29,34)(H,32,33)/t18-,19+,28+/m0/s1. The normalized spacial score (nSPS) is 23.0. The number of nitrogens with zero attached hydrogens (tertiary/aromatic N) is 1. The van der Waals surface area contributed by atoms with Crippen molar-refractivity contribution in [3.63, 3.8) is 0 Å². The molecule has 3 atom stereocenters. The monoisotopic (exact) mass is 476 g/mol. The third kappa shape index (κ3) is 4.17. The predicted octanol–water partition coefficient (Wildman–Crippen LogP) is 4.55. The summed E-state index contributed by atoms with van der Waals surface area (Å²) in [6, 6.07) is 15.9. The second-order valence-electron chi connectivity index (χ2n) is 9.98. The van der Waals surface area contributed by atoms with Crippen LogP contribution in [0.4, 0.5) is 4.79 Å². The van der Waals surface area contributed by atoms with Gasteiger partial charge in [0, 0.05) is 24.9 Å². The number of ether oxygens (including phenoxy) is 1. The van der Waals surface area contributed by atoms with Gasteiger partial charge in [0.05, 0.1) is 0 Å². The Morgan fingerprint density at radius 1 is 1.11 bits per heavy atom. The maximum absolute atomic E-state index is 13.1. The van der Waals surface area contributed by atoms with Gasteiger partial charge in [0.25, 0.3) is 0 Å². The average molecular weight is 477 g/mol. The predicted molar refractivity (Wildman–Crippen MR) is 131 cm³/mol. The third-order valence-electron chi connectivity index (χ3n) is 7.88. The highest BCUT2D eigenvalue weighted by Crippen LogP contribution is 2.54. The first kappa shape index (κ1) is 23.4. The van der Waals surface area contributed by atoms with Gasteiger partial charge < -0.3 is 20.1 Å². The fourth-order valence-electron chi connectivity index (χ4n) is 6.11. The first-order chi connectivity index (χ1) is 17.0. The van der Waals surface area contributed by atoms with E-state index in [0.29, 0.717) is 19.4 Å². The van der Waals surface area contributed by atoms with E-state index < -0.39 is 23.6 Å². The van der Waals surface area contributed by atoms with Crippen molar-refractivity contribution >= 4 is 18.0 Å². The molecule has 0 unspecified atom stereocenters. The summed E-state index contributed by atoms with van der Waals surface area (Å²) in [6.07, 6.45) is 3.15. The lowest BCUT2D eigenvalue weighted by atomic mass is 9.98. The second kappa shape index (κ2) is 9.36. The number of benzene rings is 2. The zero-order valence-electron chi connectivity index (χ0n) is 20.0. The number of rotatable bonds is 8. The second-order valence-corrected chi connectivity index (χ2v) is 9.98. The summed E-state index contributed by atoms with van der Waals surface area (Å²) >= 11 is 0. The molecule has 1 aliphatic heterocycles. The molecule has 0 aromatic heterocycles. The van der Waals surface area contributed by atoms with Crippen LogP contribution in [-0.4, -0.2) is 52.7 Å². The lowest BCUT2D eigenvalue weighted by molar-refractivity contribution is -0.154. The van der Waals surface area contributed by atoms with Crippen LogP contribution < -0.4 is 5.32 Å². The number of carboxylic acid groups (broad SMARTS) is 1. The average Bonchev–Trinajstić information content (AvgIpc) is 3.54. The van der Waals surface area contributed by atoms with E-state index in [1.165, 1.54) is 11.1 Å². The summed E-state index contributed by atoms with van der Waals surface area (Å²) in [7, 11) is 0. The van der Waals surface area contributed by atoms with Crippen LogP contribution in [0.25, 0.3) is 11.1 Å². The Labute approximate surface area is 205 Å². The molecule has 3 aliphatic rings. The first-order valence-corrected chi connectivity index (χ1v) is 12.6. The molecule has 35 heavy (non-hydrogen) atoms. The van der Waals surface area contributed by atoms with E-state index in [4.69, 9.17) is 4.74 Å². The van der Waals surface area contributed by atoms with Crippen molar-refractivity contribution in [2.24, 2.45) is 5.92 Å². The Morgan fingerprint density at radius 3 is 2.40 bits per heavy atom. The molecule has 2 aromatic rings. The molecule has 7 heteroatoms. The number of alkyl carbamates (subject to hydrolysis) is 1. The van der Waals surface area contributed by atoms with Gasteiger partial charge >= 0.3 is 12.1 Å². The topological polar surface area (TPSA) is 95.9 Å². The molecule has 2 fully saturated rings. The van der Waals surface area contributed by atoms with Crippen molar-refractivity contribution in [3.05, 3.63) is 59.7 Å². The highest BCUT2D eigenvalue weighted by molar-refractivity contribution is 5.91. The number of carbonyl (C=O) groups is 3. The number of nitrogens with one attached hydrogen (secondary N) is 1. The van der Waals surface area contributed by atoms with Crippen LogP contribution >= 0.6 is 0 Å². The van der Waals surface area contributed by atoms with Crippen molar-refractivity contribution in [2.45, 2.75) is 62.9 Å². The van der Waals surface area contributed by atoms with Crippen molar-refractivity contribution in [1.82, 2.24) is 10.2 Å². The third-order valence-corrected chi connectivity index (χ3v) is 7.88. The van der Waals surface area contributed by atoms with Crippen molar-refractivity contribution in [1.29, 1.82) is 0 Å². The lowest BCUT2D eigenvalue weighted by Crippen LogP contribution is -2.52. The van der Waals surface area contributed by atoms with Crippen LogP contribution in [-0.2, 0) is 14.3 Å². The van der Waals surface area contributed by atoms with E-state index in [2.05, 4.69) is 29.6 Å². The van der Waals surface area contributed by atoms with Gasteiger partial charge in [-0.05, 0) is 53.9 Å². The molecule has 5 rings (SSSR count). The fraction of sp³-hybridized carbons (Fsp3) is 0.464. The summed E-state index contributed by atoms with van der Waals surface area (Å²) in [6.45, 7) is 2.67. The quantitative estimate of drug-likeness (QED) is 0.583. The number of carbonyl (C=O) groups excluding carboxylic acids is 2. The number of hydrogen-bond donors (Lipinski definition) is 2. The molecule has 1 heterocycles. The maximum Gasteiger partial charge on any atom is 0.407 e. The maximum atomic E-state index is 13.1. The van der Waals surface area contributed by atoms with Gasteiger partial charge in [-0.2, -0.15) is 0 Å². The van der Waals surface area contributed by atoms with Gasteiger partial charge in [0.15, 0.2) is 0 Å². The van der Waals surface area contributed by atoms with Gasteiger partial charge in [0.2, 0.25) is 5.91 Å². The van der Waals surface area contributed by atoms with Gasteiger partial charge in [-0.25, -0.2) is 9.59 Å². The van der Waals surface area contributed by atoms with Gasteiger partial charge in [-0.3, -0.25) is 4.79 Å². The number of amides is 2. The van der Waals surface area contributed by atoms with Gasteiger partial charge in [-0.1, -0.05) is 61.9 Å². The molecule has 2 aromatic carbocycles. The Bertz CT molecular complexity index is 1100. The van der Waals surface area contributed by atoms with Crippen LogP contribution in [0.15, 0.2) is 48.5 Å². The van der Waals surface area contributed by atoms with Crippen LogP contribution in [0.1, 0.15) is 62.5 Å². The van der Waals surface area contributed by atoms with Gasteiger partial charge in [0.1, 0.15) is 12.1 Å². The summed E-state index contributed by atoms with van der Waals surface area (Å²) in [5, 5.41) is 12.6. The molecule has 2 amide bonds. The Hall–Kier alpha value is -3.35. The minimum atomic E-state index is -1.03. The number of likely N-dealkylation sites (tertiary alicyclic amines) is 1. The van der Waals surface area contributed by atoms with Crippen molar-refractivity contribution in [3.8, 4) is 11.1 Å². The van der Waals surface area contributed by atoms with E-state index >= 15 is 0 Å². The number of piperidine rings is 1. The minimum absolute atomic E-state index is 0.0324. The van der Waals surface area contributed by atoms with E-state index in [-0.39, 0.29) is 30.8 Å². The molecule has 2 N–H and O–H groups in total. The molecule has 7 nitrogen and oxygen atoms in total. The fourth-order valence-corrected chi connectivity index (χ4v) is 6.11. The smallest absolute Gasteiger partial charge is 0.407 e. The highest BCUT2D eigenvalue weighted by Gasteiger charge is 2.66. The Morgan fingerprint density at radius 2 is 1.77 bits per heavy atom. The largest absolute Gasteiger partial charge is 0.479 e. The van der Waals surface area contributed by atoms with E-state index in [1.807, 2.05) is 31.2 Å². The summed E-state index contributed by atoms with van der Waals surface area (Å²) in [5.74, 6) is -1.09. The molecule has 2 aliphatic carbocycles. The zero-order chi connectivity index (χ0) is 24.6. The summed E-state index contributed by atoms with van der Waals surface area (Å²) < 4.78 is 5.66. The Kier molecular flexibility index (Phi) is 6.26.